The van der Waals surface area contributed by atoms with Crippen LogP contribution in [0.25, 0.3) is 11.3 Å². The van der Waals surface area contributed by atoms with Crippen molar-refractivity contribution in [2.24, 2.45) is 5.73 Å². The number of nitrogens with zero attached hydrogens (tertiary/aromatic N) is 1. The first-order valence-corrected chi connectivity index (χ1v) is 4.22. The van der Waals surface area contributed by atoms with Gasteiger partial charge in [-0.05, 0) is 0 Å². The minimum atomic E-state index is -0.473. The molecule has 0 amide bonds. The molecule has 1 aromatic carbocycles. The van der Waals surface area contributed by atoms with Crippen LogP contribution in [0.5, 0.6) is 0 Å². The Hall–Kier alpha value is -1.68. The summed E-state index contributed by atoms with van der Waals surface area (Å²) in [5.74, 6) is -0.387. The van der Waals surface area contributed by atoms with Gasteiger partial charge in [-0.1, -0.05) is 35.5 Å². The Morgan fingerprint density at radius 3 is 2.57 bits per heavy atom. The Morgan fingerprint density at radius 1 is 1.29 bits per heavy atom. The first-order chi connectivity index (χ1) is 6.83. The zero-order valence-electron chi connectivity index (χ0n) is 7.40. The minimum absolute atomic E-state index is 0.0195. The lowest BCUT2D eigenvalue weighted by Crippen LogP contribution is -1.96. The average molecular weight is 192 g/mol. The molecular formula is C10H9FN2O. The number of nitrogens with two attached hydrogens (primary N) is 1. The third-order valence-electron chi connectivity index (χ3n) is 1.93. The van der Waals surface area contributed by atoms with Crippen molar-refractivity contribution < 1.29 is 8.91 Å². The maximum absolute atomic E-state index is 13.5. The number of rotatable bonds is 2. The SMILES string of the molecule is NCc1onc(-c2ccccc2)c1F. The zero-order valence-corrected chi connectivity index (χ0v) is 7.40. The number of hydrogen-bond acceptors (Lipinski definition) is 3. The molecule has 4 heteroatoms. The number of aromatic nitrogens is 1. The fraction of sp³-hybridized carbons (Fsp3) is 0.100. The highest BCUT2D eigenvalue weighted by Gasteiger charge is 2.15. The lowest BCUT2D eigenvalue weighted by molar-refractivity contribution is 0.376. The van der Waals surface area contributed by atoms with Crippen molar-refractivity contribution in [2.45, 2.75) is 6.54 Å². The fourth-order valence-electron chi connectivity index (χ4n) is 1.22. The number of halogens is 1. The van der Waals surface area contributed by atoms with E-state index in [1.54, 1.807) is 12.1 Å². The molecule has 0 bridgehead atoms. The summed E-state index contributed by atoms with van der Waals surface area (Å²) in [6.07, 6.45) is 0. The van der Waals surface area contributed by atoms with Crippen LogP contribution >= 0.6 is 0 Å². The molecule has 0 aliphatic heterocycles. The Morgan fingerprint density at radius 2 is 2.00 bits per heavy atom. The molecule has 0 spiro atoms. The van der Waals surface area contributed by atoms with Crippen LogP contribution in [0.1, 0.15) is 5.76 Å². The zero-order chi connectivity index (χ0) is 9.97. The van der Waals surface area contributed by atoms with Gasteiger partial charge in [0.25, 0.3) is 0 Å². The van der Waals surface area contributed by atoms with Gasteiger partial charge in [-0.15, -0.1) is 0 Å². The van der Waals surface area contributed by atoms with Gasteiger partial charge in [-0.25, -0.2) is 4.39 Å². The Kier molecular flexibility index (Phi) is 2.28. The van der Waals surface area contributed by atoms with Crippen LogP contribution in [-0.4, -0.2) is 5.16 Å². The molecule has 0 aliphatic carbocycles. The van der Waals surface area contributed by atoms with Gasteiger partial charge < -0.3 is 10.3 Å². The Bertz CT molecular complexity index is 425. The molecule has 0 saturated carbocycles. The quantitative estimate of drug-likeness (QED) is 0.791. The fourth-order valence-corrected chi connectivity index (χ4v) is 1.22. The van der Waals surface area contributed by atoms with E-state index in [4.69, 9.17) is 10.3 Å². The molecule has 1 heterocycles. The maximum Gasteiger partial charge on any atom is 0.195 e. The highest BCUT2D eigenvalue weighted by Crippen LogP contribution is 2.22. The molecule has 0 atom stereocenters. The molecule has 0 aliphatic rings. The van der Waals surface area contributed by atoms with E-state index >= 15 is 0 Å². The number of benzene rings is 1. The van der Waals surface area contributed by atoms with E-state index in [0.717, 1.165) is 0 Å². The van der Waals surface area contributed by atoms with Gasteiger partial charge in [-0.2, -0.15) is 0 Å². The van der Waals surface area contributed by atoms with Crippen molar-refractivity contribution in [2.75, 3.05) is 0 Å². The van der Waals surface area contributed by atoms with E-state index in [9.17, 15) is 4.39 Å². The van der Waals surface area contributed by atoms with Gasteiger partial charge in [0.1, 0.15) is 5.69 Å². The normalized spacial score (nSPS) is 10.4. The van der Waals surface area contributed by atoms with E-state index in [0.29, 0.717) is 5.56 Å². The van der Waals surface area contributed by atoms with Crippen LogP contribution in [0.15, 0.2) is 34.9 Å². The smallest absolute Gasteiger partial charge is 0.195 e. The summed E-state index contributed by atoms with van der Waals surface area (Å²) >= 11 is 0. The van der Waals surface area contributed by atoms with Crippen LogP contribution in [0, 0.1) is 5.82 Å². The van der Waals surface area contributed by atoms with Crippen LogP contribution in [-0.2, 0) is 6.54 Å². The highest BCUT2D eigenvalue weighted by atomic mass is 19.1. The molecule has 1 aromatic heterocycles. The van der Waals surface area contributed by atoms with Crippen molar-refractivity contribution in [3.05, 3.63) is 41.9 Å². The second kappa shape index (κ2) is 3.59. The van der Waals surface area contributed by atoms with Gasteiger partial charge in [0, 0.05) is 5.56 Å². The molecule has 0 unspecified atom stereocenters. The van der Waals surface area contributed by atoms with Crippen molar-refractivity contribution in [1.29, 1.82) is 0 Å². The Labute approximate surface area is 80.3 Å². The average Bonchev–Trinajstić information content (AvgIpc) is 2.61. The first kappa shape index (κ1) is 8.90. The summed E-state index contributed by atoms with van der Waals surface area (Å²) < 4.78 is 18.2. The predicted molar refractivity (Wildman–Crippen MR) is 49.8 cm³/mol. The van der Waals surface area contributed by atoms with Crippen molar-refractivity contribution in [3.8, 4) is 11.3 Å². The van der Waals surface area contributed by atoms with E-state index in [-0.39, 0.29) is 18.0 Å². The molecule has 14 heavy (non-hydrogen) atoms. The maximum atomic E-state index is 13.5. The topological polar surface area (TPSA) is 52.0 Å². The molecule has 2 aromatic rings. The lowest BCUT2D eigenvalue weighted by Gasteiger charge is -1.93. The minimum Gasteiger partial charge on any atom is -0.356 e. The third-order valence-corrected chi connectivity index (χ3v) is 1.93. The van der Waals surface area contributed by atoms with Gasteiger partial charge >= 0.3 is 0 Å². The molecular weight excluding hydrogens is 183 g/mol. The monoisotopic (exact) mass is 192 g/mol. The predicted octanol–water partition coefficient (Wildman–Crippen LogP) is 1.94. The summed E-state index contributed by atoms with van der Waals surface area (Å²) in [6.45, 7) is 0.0195. The third kappa shape index (κ3) is 1.40. The molecule has 3 nitrogen and oxygen atoms in total. The van der Waals surface area contributed by atoms with E-state index in [2.05, 4.69) is 5.16 Å². The summed E-state index contributed by atoms with van der Waals surface area (Å²) in [7, 11) is 0. The first-order valence-electron chi connectivity index (χ1n) is 4.22. The second-order valence-corrected chi connectivity index (χ2v) is 2.84. The standard InChI is InChI=1S/C10H9FN2O/c11-9-8(6-12)14-13-10(9)7-4-2-1-3-5-7/h1-5H,6,12H2. The van der Waals surface area contributed by atoms with Gasteiger partial charge in [0.15, 0.2) is 11.6 Å². The van der Waals surface area contributed by atoms with Crippen LogP contribution < -0.4 is 5.73 Å². The molecule has 2 N–H and O–H groups in total. The van der Waals surface area contributed by atoms with Crippen molar-refractivity contribution in [3.63, 3.8) is 0 Å². The highest BCUT2D eigenvalue weighted by molar-refractivity contribution is 5.59. The second-order valence-electron chi connectivity index (χ2n) is 2.84. The molecule has 2 rings (SSSR count). The molecule has 0 saturated heterocycles. The number of hydrogen-bond donors (Lipinski definition) is 1. The summed E-state index contributed by atoms with van der Waals surface area (Å²) in [6, 6.07) is 9.00. The van der Waals surface area contributed by atoms with Gasteiger partial charge in [0.2, 0.25) is 0 Å². The largest absolute Gasteiger partial charge is 0.356 e. The Balaban J connectivity index is 2.48. The van der Waals surface area contributed by atoms with Gasteiger partial charge in [0.05, 0.1) is 6.54 Å². The summed E-state index contributed by atoms with van der Waals surface area (Å²) in [4.78, 5) is 0. The van der Waals surface area contributed by atoms with Crippen molar-refractivity contribution in [1.82, 2.24) is 5.16 Å². The van der Waals surface area contributed by atoms with Crippen LogP contribution in [0.2, 0.25) is 0 Å². The van der Waals surface area contributed by atoms with Crippen molar-refractivity contribution >= 4 is 0 Å². The lowest BCUT2D eigenvalue weighted by atomic mass is 10.1. The summed E-state index contributed by atoms with van der Waals surface area (Å²) in [5.41, 5.74) is 6.17. The summed E-state index contributed by atoms with van der Waals surface area (Å²) in [5, 5.41) is 3.63. The van der Waals surface area contributed by atoms with Crippen LogP contribution in [0.4, 0.5) is 4.39 Å². The molecule has 0 radical (unpaired) electrons. The van der Waals surface area contributed by atoms with E-state index in [1.807, 2.05) is 18.2 Å². The van der Waals surface area contributed by atoms with E-state index in [1.165, 1.54) is 0 Å². The van der Waals surface area contributed by atoms with E-state index < -0.39 is 5.82 Å². The molecule has 72 valence electrons. The molecule has 0 fully saturated rings. The van der Waals surface area contributed by atoms with Crippen LogP contribution in [0.3, 0.4) is 0 Å². The van der Waals surface area contributed by atoms with Gasteiger partial charge in [-0.3, -0.25) is 0 Å².